The second kappa shape index (κ2) is 11.0. The highest BCUT2D eigenvalue weighted by atomic mass is 79.9. The quantitative estimate of drug-likeness (QED) is 0.683. The SMILES string of the molecule is Cc1ccc(NC(=O)CNCCCN2CCOCC2)cc1Br.Cl. The number of hydrogen-bond acceptors (Lipinski definition) is 4. The Morgan fingerprint density at radius 2 is 2.09 bits per heavy atom. The number of hydrogen-bond donors (Lipinski definition) is 2. The van der Waals surface area contributed by atoms with E-state index >= 15 is 0 Å². The molecule has 1 aromatic carbocycles. The second-order valence-corrected chi connectivity index (χ2v) is 6.35. The molecule has 0 aromatic heterocycles. The minimum Gasteiger partial charge on any atom is -0.379 e. The van der Waals surface area contributed by atoms with Crippen molar-refractivity contribution in [3.05, 3.63) is 28.2 Å². The Morgan fingerprint density at radius 1 is 1.35 bits per heavy atom. The molecule has 1 aliphatic heterocycles. The number of carbonyl (C=O) groups excluding carboxylic acids is 1. The minimum absolute atomic E-state index is 0. The molecule has 5 nitrogen and oxygen atoms in total. The largest absolute Gasteiger partial charge is 0.379 e. The van der Waals surface area contributed by atoms with Crippen LogP contribution in [-0.4, -0.2) is 56.7 Å². The molecule has 0 radical (unpaired) electrons. The summed E-state index contributed by atoms with van der Waals surface area (Å²) in [5.74, 6) is -0.0119. The van der Waals surface area contributed by atoms with Gasteiger partial charge in [0.15, 0.2) is 0 Å². The maximum atomic E-state index is 11.9. The third-order valence-electron chi connectivity index (χ3n) is 3.67. The van der Waals surface area contributed by atoms with Crippen molar-refractivity contribution < 1.29 is 9.53 Å². The summed E-state index contributed by atoms with van der Waals surface area (Å²) in [5, 5.41) is 6.08. The van der Waals surface area contributed by atoms with Crippen LogP contribution in [-0.2, 0) is 9.53 Å². The lowest BCUT2D eigenvalue weighted by Gasteiger charge is -2.26. The molecule has 1 heterocycles. The van der Waals surface area contributed by atoms with Gasteiger partial charge in [-0.05, 0) is 44.1 Å². The molecule has 0 aliphatic carbocycles. The van der Waals surface area contributed by atoms with Crippen LogP contribution in [0, 0.1) is 6.92 Å². The van der Waals surface area contributed by atoms with Crippen LogP contribution in [0.2, 0.25) is 0 Å². The van der Waals surface area contributed by atoms with Gasteiger partial charge in [-0.3, -0.25) is 9.69 Å². The van der Waals surface area contributed by atoms with E-state index in [1.807, 2.05) is 25.1 Å². The predicted molar refractivity (Wildman–Crippen MR) is 99.5 cm³/mol. The van der Waals surface area contributed by atoms with Gasteiger partial charge in [-0.25, -0.2) is 0 Å². The molecule has 130 valence electrons. The van der Waals surface area contributed by atoms with E-state index in [1.165, 1.54) is 0 Å². The predicted octanol–water partition coefficient (Wildman–Crippen LogP) is 2.43. The standard InChI is InChI=1S/C16H24BrN3O2.ClH/c1-13-3-4-14(11-15(13)17)19-16(21)12-18-5-2-6-20-7-9-22-10-8-20;/h3-4,11,18H,2,5-10,12H2,1H3,(H,19,21);1H. The molecule has 0 unspecified atom stereocenters. The minimum atomic E-state index is -0.0119. The number of anilines is 1. The number of aryl methyl sites for hydroxylation is 1. The number of ether oxygens (including phenoxy) is 1. The van der Waals surface area contributed by atoms with Crippen molar-refractivity contribution in [1.82, 2.24) is 10.2 Å². The number of benzene rings is 1. The zero-order valence-electron chi connectivity index (χ0n) is 13.4. The van der Waals surface area contributed by atoms with Gasteiger partial charge in [0.1, 0.15) is 0 Å². The van der Waals surface area contributed by atoms with Gasteiger partial charge in [-0.15, -0.1) is 12.4 Å². The lowest BCUT2D eigenvalue weighted by molar-refractivity contribution is -0.115. The van der Waals surface area contributed by atoms with Gasteiger partial charge in [0.2, 0.25) is 5.91 Å². The van der Waals surface area contributed by atoms with Crippen molar-refractivity contribution in [2.75, 3.05) is 51.3 Å². The highest BCUT2D eigenvalue weighted by molar-refractivity contribution is 9.10. The summed E-state index contributed by atoms with van der Waals surface area (Å²) in [6, 6.07) is 5.82. The average molecular weight is 407 g/mol. The van der Waals surface area contributed by atoms with Crippen LogP contribution in [0.1, 0.15) is 12.0 Å². The fourth-order valence-corrected chi connectivity index (χ4v) is 2.71. The highest BCUT2D eigenvalue weighted by Crippen LogP contribution is 2.20. The molecular weight excluding hydrogens is 382 g/mol. The Balaban J connectivity index is 0.00000264. The molecule has 23 heavy (non-hydrogen) atoms. The smallest absolute Gasteiger partial charge is 0.238 e. The fourth-order valence-electron chi connectivity index (χ4n) is 2.33. The number of rotatable bonds is 7. The molecule has 2 N–H and O–H groups in total. The molecule has 7 heteroatoms. The van der Waals surface area contributed by atoms with Gasteiger partial charge in [0.05, 0.1) is 19.8 Å². The molecule has 0 spiro atoms. The Kier molecular flexibility index (Phi) is 9.74. The molecular formula is C16H25BrClN3O2. The molecule has 1 aromatic rings. The van der Waals surface area contributed by atoms with Crippen molar-refractivity contribution in [1.29, 1.82) is 0 Å². The van der Waals surface area contributed by atoms with Crippen LogP contribution in [0.15, 0.2) is 22.7 Å². The van der Waals surface area contributed by atoms with E-state index in [-0.39, 0.29) is 18.3 Å². The van der Waals surface area contributed by atoms with Crippen molar-refractivity contribution >= 4 is 39.9 Å². The summed E-state index contributed by atoms with van der Waals surface area (Å²) in [6.45, 7) is 7.97. The number of nitrogens with zero attached hydrogens (tertiary/aromatic N) is 1. The fraction of sp³-hybridized carbons (Fsp3) is 0.562. The van der Waals surface area contributed by atoms with E-state index in [9.17, 15) is 4.79 Å². The summed E-state index contributed by atoms with van der Waals surface area (Å²) in [7, 11) is 0. The van der Waals surface area contributed by atoms with E-state index < -0.39 is 0 Å². The van der Waals surface area contributed by atoms with E-state index in [0.29, 0.717) is 6.54 Å². The summed E-state index contributed by atoms with van der Waals surface area (Å²) < 4.78 is 6.32. The van der Waals surface area contributed by atoms with Crippen molar-refractivity contribution in [3.63, 3.8) is 0 Å². The summed E-state index contributed by atoms with van der Waals surface area (Å²) in [5.41, 5.74) is 1.97. The number of amides is 1. The Hall–Kier alpha value is -0.660. The van der Waals surface area contributed by atoms with Gasteiger partial charge >= 0.3 is 0 Å². The number of morpholine rings is 1. The number of carbonyl (C=O) groups is 1. The van der Waals surface area contributed by atoms with Gasteiger partial charge in [-0.1, -0.05) is 22.0 Å². The Bertz CT molecular complexity index is 496. The third kappa shape index (κ3) is 7.63. The molecule has 1 amide bonds. The van der Waals surface area contributed by atoms with Crippen LogP contribution in [0.4, 0.5) is 5.69 Å². The molecule has 0 atom stereocenters. The van der Waals surface area contributed by atoms with Gasteiger partial charge in [0, 0.05) is 23.2 Å². The lowest BCUT2D eigenvalue weighted by atomic mass is 10.2. The molecule has 1 aliphatic rings. The first-order valence-electron chi connectivity index (χ1n) is 7.72. The molecule has 0 saturated carbocycles. The summed E-state index contributed by atoms with van der Waals surface area (Å²) in [4.78, 5) is 14.3. The maximum absolute atomic E-state index is 11.9. The second-order valence-electron chi connectivity index (χ2n) is 5.50. The van der Waals surface area contributed by atoms with Crippen molar-refractivity contribution in [2.45, 2.75) is 13.3 Å². The van der Waals surface area contributed by atoms with Gasteiger partial charge in [0.25, 0.3) is 0 Å². The number of halogens is 2. The number of nitrogens with one attached hydrogen (secondary N) is 2. The third-order valence-corrected chi connectivity index (χ3v) is 4.53. The van der Waals surface area contributed by atoms with E-state index in [2.05, 4.69) is 31.5 Å². The van der Waals surface area contributed by atoms with Gasteiger partial charge < -0.3 is 15.4 Å². The molecule has 1 fully saturated rings. The van der Waals surface area contributed by atoms with E-state index in [1.54, 1.807) is 0 Å². The van der Waals surface area contributed by atoms with Crippen molar-refractivity contribution in [3.8, 4) is 0 Å². The van der Waals surface area contributed by atoms with Crippen molar-refractivity contribution in [2.24, 2.45) is 0 Å². The maximum Gasteiger partial charge on any atom is 0.238 e. The summed E-state index contributed by atoms with van der Waals surface area (Å²) in [6.07, 6.45) is 1.04. The molecule has 0 bridgehead atoms. The van der Waals surface area contributed by atoms with Crippen LogP contribution in [0.25, 0.3) is 0 Å². The molecule has 1 saturated heterocycles. The van der Waals surface area contributed by atoms with Gasteiger partial charge in [-0.2, -0.15) is 0 Å². The topological polar surface area (TPSA) is 53.6 Å². The van der Waals surface area contributed by atoms with Crippen LogP contribution >= 0.6 is 28.3 Å². The van der Waals surface area contributed by atoms with Crippen LogP contribution < -0.4 is 10.6 Å². The Labute approximate surface area is 152 Å². The average Bonchev–Trinajstić information content (AvgIpc) is 2.52. The zero-order valence-corrected chi connectivity index (χ0v) is 15.8. The molecule has 2 rings (SSSR count). The first-order chi connectivity index (χ1) is 10.6. The summed E-state index contributed by atoms with van der Waals surface area (Å²) >= 11 is 3.47. The Morgan fingerprint density at radius 3 is 2.78 bits per heavy atom. The highest BCUT2D eigenvalue weighted by Gasteiger charge is 2.09. The normalized spacial score (nSPS) is 15.0. The van der Waals surface area contributed by atoms with E-state index in [0.717, 1.165) is 61.5 Å². The van der Waals surface area contributed by atoms with E-state index in [4.69, 9.17) is 4.74 Å². The first kappa shape index (κ1) is 20.4. The van der Waals surface area contributed by atoms with Crippen LogP contribution in [0.3, 0.4) is 0 Å². The monoisotopic (exact) mass is 405 g/mol. The van der Waals surface area contributed by atoms with Crippen LogP contribution in [0.5, 0.6) is 0 Å². The zero-order chi connectivity index (χ0) is 15.8. The lowest BCUT2D eigenvalue weighted by Crippen LogP contribution is -2.38. The first-order valence-corrected chi connectivity index (χ1v) is 8.51.